The summed E-state index contributed by atoms with van der Waals surface area (Å²) in [6.45, 7) is 13.0. The fourth-order valence-electron chi connectivity index (χ4n) is 5.05. The van der Waals surface area contributed by atoms with Crippen molar-refractivity contribution in [3.8, 4) is 11.3 Å². The van der Waals surface area contributed by atoms with Crippen LogP contribution in [0.3, 0.4) is 0 Å². The summed E-state index contributed by atoms with van der Waals surface area (Å²) < 4.78 is 43.5. The first-order chi connectivity index (χ1) is 15.3. The van der Waals surface area contributed by atoms with Crippen molar-refractivity contribution in [1.82, 2.24) is 14.5 Å². The highest BCUT2D eigenvalue weighted by atomic mass is 19.2. The van der Waals surface area contributed by atoms with Gasteiger partial charge < -0.3 is 14.6 Å². The van der Waals surface area contributed by atoms with E-state index in [9.17, 15) is 23.1 Å². The lowest BCUT2D eigenvalue weighted by atomic mass is 9.87. The summed E-state index contributed by atoms with van der Waals surface area (Å²) >= 11 is 0. The van der Waals surface area contributed by atoms with Gasteiger partial charge in [-0.3, -0.25) is 4.79 Å². The van der Waals surface area contributed by atoms with Crippen molar-refractivity contribution in [1.29, 1.82) is 0 Å². The standard InChI is InChI=1S/C25H34F3N3O2/c1-13(2)19(15(5)32)23(33)31-9-8-30-22(14(3)4)21(29-24(30)25(31,6)7)16-10-17(12-26)20(28)18(27)11-16/h10-11,13-15,19,32H,8-9,12H2,1-7H3. The maximum atomic E-state index is 14.2. The zero-order valence-corrected chi connectivity index (χ0v) is 20.4. The molecule has 5 nitrogen and oxygen atoms in total. The average molecular weight is 466 g/mol. The van der Waals surface area contributed by atoms with E-state index in [1.165, 1.54) is 6.07 Å². The van der Waals surface area contributed by atoms with E-state index in [0.29, 0.717) is 30.2 Å². The van der Waals surface area contributed by atoms with E-state index in [2.05, 4.69) is 0 Å². The van der Waals surface area contributed by atoms with Crippen molar-refractivity contribution in [2.45, 2.75) is 79.2 Å². The van der Waals surface area contributed by atoms with Crippen LogP contribution in [0.1, 0.15) is 71.5 Å². The molecule has 33 heavy (non-hydrogen) atoms. The molecular weight excluding hydrogens is 431 g/mol. The molecule has 0 saturated carbocycles. The summed E-state index contributed by atoms with van der Waals surface area (Å²) in [6.07, 6.45) is -0.793. The largest absolute Gasteiger partial charge is 0.393 e. The van der Waals surface area contributed by atoms with Crippen LogP contribution in [0.5, 0.6) is 0 Å². The van der Waals surface area contributed by atoms with Gasteiger partial charge in [0.05, 0.1) is 23.3 Å². The molecule has 2 atom stereocenters. The van der Waals surface area contributed by atoms with Gasteiger partial charge in [0.25, 0.3) is 0 Å². The summed E-state index contributed by atoms with van der Waals surface area (Å²) in [5.74, 6) is -2.41. The molecule has 0 bridgehead atoms. The third-order valence-electron chi connectivity index (χ3n) is 6.63. The van der Waals surface area contributed by atoms with Crippen molar-refractivity contribution in [3.05, 3.63) is 40.8 Å². The Morgan fingerprint density at radius 2 is 1.79 bits per heavy atom. The highest BCUT2D eigenvalue weighted by Crippen LogP contribution is 2.40. The lowest BCUT2D eigenvalue weighted by molar-refractivity contribution is -0.148. The van der Waals surface area contributed by atoms with Crippen LogP contribution in [-0.4, -0.2) is 38.1 Å². The number of hydrogen-bond acceptors (Lipinski definition) is 3. The Labute approximate surface area is 193 Å². The van der Waals surface area contributed by atoms with Gasteiger partial charge in [0.1, 0.15) is 12.5 Å². The zero-order valence-electron chi connectivity index (χ0n) is 20.4. The summed E-state index contributed by atoms with van der Waals surface area (Å²) in [7, 11) is 0. The van der Waals surface area contributed by atoms with E-state index in [0.717, 1.165) is 11.8 Å². The minimum absolute atomic E-state index is 0.00196. The third kappa shape index (κ3) is 4.29. The first-order valence-corrected chi connectivity index (χ1v) is 11.5. The van der Waals surface area contributed by atoms with Crippen molar-refractivity contribution >= 4 is 5.91 Å². The molecule has 1 amide bonds. The SMILES string of the molecule is CC(C)c1c(-c2cc(F)c(F)c(CF)c2)nc2n1CCN(C(=O)C(C(C)C)C(C)O)C2(C)C. The quantitative estimate of drug-likeness (QED) is 0.642. The number of rotatable bonds is 6. The maximum absolute atomic E-state index is 14.2. The lowest BCUT2D eigenvalue weighted by Crippen LogP contribution is -2.55. The van der Waals surface area contributed by atoms with E-state index < -0.39 is 35.9 Å². The number of aliphatic hydroxyl groups is 1. The van der Waals surface area contributed by atoms with Crippen molar-refractivity contribution < 1.29 is 23.1 Å². The molecular formula is C25H34F3N3O2. The van der Waals surface area contributed by atoms with E-state index in [-0.39, 0.29) is 23.3 Å². The number of halogens is 3. The van der Waals surface area contributed by atoms with Gasteiger partial charge in [-0.05, 0) is 44.7 Å². The van der Waals surface area contributed by atoms with Gasteiger partial charge in [-0.25, -0.2) is 18.2 Å². The Hall–Kier alpha value is -2.35. The molecule has 3 rings (SSSR count). The van der Waals surface area contributed by atoms with Gasteiger partial charge in [0, 0.05) is 29.9 Å². The third-order valence-corrected chi connectivity index (χ3v) is 6.63. The van der Waals surface area contributed by atoms with Gasteiger partial charge in [-0.15, -0.1) is 0 Å². The predicted octanol–water partition coefficient (Wildman–Crippen LogP) is 5.15. The Kier molecular flexibility index (Phi) is 6.99. The van der Waals surface area contributed by atoms with Gasteiger partial charge >= 0.3 is 0 Å². The number of alkyl halides is 1. The normalized spacial score (nSPS) is 17.4. The first-order valence-electron chi connectivity index (χ1n) is 11.5. The molecule has 0 radical (unpaired) electrons. The molecule has 2 heterocycles. The molecule has 2 unspecified atom stereocenters. The molecule has 182 valence electrons. The molecule has 0 aliphatic carbocycles. The van der Waals surface area contributed by atoms with Crippen LogP contribution in [0.4, 0.5) is 13.2 Å². The number of benzene rings is 1. The van der Waals surface area contributed by atoms with Crippen LogP contribution in [0.2, 0.25) is 0 Å². The summed E-state index contributed by atoms with van der Waals surface area (Å²) in [4.78, 5) is 20.0. The van der Waals surface area contributed by atoms with E-state index in [4.69, 9.17) is 4.98 Å². The molecule has 1 aliphatic heterocycles. The molecule has 1 aliphatic rings. The van der Waals surface area contributed by atoms with Crippen LogP contribution in [-0.2, 0) is 23.6 Å². The molecule has 0 spiro atoms. The number of carbonyl (C=O) groups is 1. The zero-order chi connectivity index (χ0) is 24.8. The summed E-state index contributed by atoms with van der Waals surface area (Å²) in [6, 6.07) is 2.35. The van der Waals surface area contributed by atoms with Crippen LogP contribution in [0.15, 0.2) is 12.1 Å². The van der Waals surface area contributed by atoms with E-state index >= 15 is 0 Å². The second kappa shape index (κ2) is 9.12. The smallest absolute Gasteiger partial charge is 0.229 e. The van der Waals surface area contributed by atoms with Crippen molar-refractivity contribution in [2.24, 2.45) is 11.8 Å². The Balaban J connectivity index is 2.16. The fraction of sp³-hybridized carbons (Fsp3) is 0.600. The minimum Gasteiger partial charge on any atom is -0.393 e. The number of imidazole rings is 1. The van der Waals surface area contributed by atoms with Gasteiger partial charge in [0.15, 0.2) is 11.6 Å². The molecule has 0 fully saturated rings. The number of carbonyl (C=O) groups excluding carboxylic acids is 1. The monoisotopic (exact) mass is 465 g/mol. The number of aromatic nitrogens is 2. The molecule has 2 aromatic rings. The Morgan fingerprint density at radius 1 is 1.15 bits per heavy atom. The molecule has 1 aromatic heterocycles. The highest BCUT2D eigenvalue weighted by molar-refractivity contribution is 5.81. The van der Waals surface area contributed by atoms with Crippen molar-refractivity contribution in [2.75, 3.05) is 6.54 Å². The maximum Gasteiger partial charge on any atom is 0.229 e. The van der Waals surface area contributed by atoms with Gasteiger partial charge in [-0.2, -0.15) is 0 Å². The second-order valence-electron chi connectivity index (χ2n) is 10.1. The number of nitrogens with zero attached hydrogens (tertiary/aromatic N) is 3. The van der Waals surface area contributed by atoms with Crippen LogP contribution in [0.25, 0.3) is 11.3 Å². The molecule has 1 N–H and O–H groups in total. The topological polar surface area (TPSA) is 58.4 Å². The van der Waals surface area contributed by atoms with Gasteiger partial charge in [0.2, 0.25) is 5.91 Å². The summed E-state index contributed by atoms with van der Waals surface area (Å²) in [5, 5.41) is 10.3. The van der Waals surface area contributed by atoms with Crippen LogP contribution in [0, 0.1) is 23.5 Å². The average Bonchev–Trinajstić information content (AvgIpc) is 3.10. The van der Waals surface area contributed by atoms with E-state index in [1.54, 1.807) is 11.8 Å². The summed E-state index contributed by atoms with van der Waals surface area (Å²) in [5.41, 5.74) is 0.452. The Bertz CT molecular complexity index is 1040. The number of amides is 1. The minimum atomic E-state index is -1.19. The highest BCUT2D eigenvalue weighted by Gasteiger charge is 2.44. The number of fused-ring (bicyclic) bond motifs is 1. The Morgan fingerprint density at radius 3 is 2.30 bits per heavy atom. The van der Waals surface area contributed by atoms with E-state index in [1.807, 2.05) is 46.1 Å². The number of hydrogen-bond donors (Lipinski definition) is 1. The molecule has 1 aromatic carbocycles. The first kappa shape index (κ1) is 25.3. The number of aliphatic hydroxyl groups excluding tert-OH is 1. The van der Waals surface area contributed by atoms with Crippen LogP contribution < -0.4 is 0 Å². The molecule has 0 saturated heterocycles. The van der Waals surface area contributed by atoms with Crippen molar-refractivity contribution in [3.63, 3.8) is 0 Å². The van der Waals surface area contributed by atoms with Gasteiger partial charge in [-0.1, -0.05) is 27.7 Å². The molecule has 8 heteroatoms. The lowest BCUT2D eigenvalue weighted by Gasteiger charge is -2.45. The second-order valence-corrected chi connectivity index (χ2v) is 10.1. The predicted molar refractivity (Wildman–Crippen MR) is 121 cm³/mol. The fourth-order valence-corrected chi connectivity index (χ4v) is 5.05. The van der Waals surface area contributed by atoms with Crippen LogP contribution >= 0.6 is 0 Å².